The molecule has 0 unspecified atom stereocenters. The first kappa shape index (κ1) is 12.3. The van der Waals surface area contributed by atoms with Crippen molar-refractivity contribution >= 4 is 12.4 Å². The van der Waals surface area contributed by atoms with E-state index >= 15 is 0 Å². The van der Waals surface area contributed by atoms with Gasteiger partial charge >= 0.3 is 0 Å². The van der Waals surface area contributed by atoms with Gasteiger partial charge in [0.05, 0.1) is 0 Å². The van der Waals surface area contributed by atoms with Gasteiger partial charge in [0.25, 0.3) is 0 Å². The van der Waals surface area contributed by atoms with Crippen LogP contribution in [0.15, 0.2) is 5.11 Å². The summed E-state index contributed by atoms with van der Waals surface area (Å²) < 4.78 is 0. The molecule has 0 bridgehead atoms. The minimum Gasteiger partial charge on any atom is -0.327 e. The van der Waals surface area contributed by atoms with Gasteiger partial charge < -0.3 is 5.73 Å². The van der Waals surface area contributed by atoms with Crippen LogP contribution in [0.3, 0.4) is 0 Å². The maximum Gasteiger partial charge on any atom is 0.0412 e. The van der Waals surface area contributed by atoms with Gasteiger partial charge in [-0.05, 0) is 11.4 Å². The van der Waals surface area contributed by atoms with Crippen molar-refractivity contribution in [2.45, 2.75) is 19.9 Å². The summed E-state index contributed by atoms with van der Waals surface area (Å²) in [4.78, 5) is 2.60. The van der Waals surface area contributed by atoms with E-state index in [9.17, 15) is 0 Å². The third kappa shape index (κ3) is 5.69. The van der Waals surface area contributed by atoms with Crippen molar-refractivity contribution in [2.75, 3.05) is 6.54 Å². The highest BCUT2D eigenvalue weighted by atomic mass is 35.5. The van der Waals surface area contributed by atoms with Gasteiger partial charge in [0.2, 0.25) is 0 Å². The fraction of sp³-hybridized carbons (Fsp3) is 1.00. The first-order valence-corrected chi connectivity index (χ1v) is 2.95. The van der Waals surface area contributed by atoms with Gasteiger partial charge in [-0.1, -0.05) is 19.0 Å². The second-order valence-electron chi connectivity index (χ2n) is 2.32. The second kappa shape index (κ2) is 6.68. The molecule has 0 spiro atoms. The van der Waals surface area contributed by atoms with Crippen LogP contribution in [0.5, 0.6) is 0 Å². The molecule has 0 aliphatic rings. The highest BCUT2D eigenvalue weighted by Gasteiger charge is 2.03. The SMILES string of the molecule is CC(C)[C@H](N)CN=[N+]=[N-].Cl. The number of hydrogen-bond acceptors (Lipinski definition) is 2. The Labute approximate surface area is 66.8 Å². The Bertz CT molecular complexity index is 119. The molecule has 0 heterocycles. The molecule has 0 aromatic rings. The third-order valence-electron chi connectivity index (χ3n) is 1.21. The summed E-state index contributed by atoms with van der Waals surface area (Å²) in [6.07, 6.45) is 0. The largest absolute Gasteiger partial charge is 0.327 e. The van der Waals surface area contributed by atoms with E-state index in [1.165, 1.54) is 0 Å². The van der Waals surface area contributed by atoms with Crippen LogP contribution in [0.1, 0.15) is 13.8 Å². The van der Waals surface area contributed by atoms with Crippen LogP contribution in [0.4, 0.5) is 0 Å². The molecule has 0 amide bonds. The van der Waals surface area contributed by atoms with Crippen LogP contribution in [0.2, 0.25) is 0 Å². The van der Waals surface area contributed by atoms with E-state index in [-0.39, 0.29) is 18.4 Å². The fourth-order valence-corrected chi connectivity index (χ4v) is 0.342. The lowest BCUT2D eigenvalue weighted by molar-refractivity contribution is 0.500. The van der Waals surface area contributed by atoms with Gasteiger partial charge in [-0.15, -0.1) is 12.4 Å². The Morgan fingerprint density at radius 2 is 2.10 bits per heavy atom. The first-order chi connectivity index (χ1) is 4.18. The maximum absolute atomic E-state index is 7.90. The average Bonchev–Trinajstić information content (AvgIpc) is 1.82. The molecule has 60 valence electrons. The van der Waals surface area contributed by atoms with E-state index in [0.717, 1.165) is 0 Å². The molecular weight excluding hydrogens is 152 g/mol. The maximum atomic E-state index is 7.90. The summed E-state index contributed by atoms with van der Waals surface area (Å²) in [6, 6.07) is 0.000833. The van der Waals surface area contributed by atoms with E-state index < -0.39 is 0 Å². The molecule has 4 nitrogen and oxygen atoms in total. The topological polar surface area (TPSA) is 74.8 Å². The van der Waals surface area contributed by atoms with Crippen molar-refractivity contribution in [3.8, 4) is 0 Å². The van der Waals surface area contributed by atoms with E-state index in [2.05, 4.69) is 10.0 Å². The minimum absolute atomic E-state index is 0. The number of rotatable bonds is 3. The van der Waals surface area contributed by atoms with Crippen LogP contribution < -0.4 is 5.73 Å². The molecule has 0 aromatic carbocycles. The highest BCUT2D eigenvalue weighted by Crippen LogP contribution is 1.97. The molecule has 0 rings (SSSR count). The predicted molar refractivity (Wildman–Crippen MR) is 44.1 cm³/mol. The summed E-state index contributed by atoms with van der Waals surface area (Å²) in [5.74, 6) is 0.385. The Kier molecular flexibility index (Phi) is 8.18. The van der Waals surface area contributed by atoms with Crippen molar-refractivity contribution in [1.82, 2.24) is 0 Å². The quantitative estimate of drug-likeness (QED) is 0.385. The van der Waals surface area contributed by atoms with Gasteiger partial charge in [0.15, 0.2) is 0 Å². The van der Waals surface area contributed by atoms with Gasteiger partial charge in [-0.2, -0.15) is 0 Å². The number of azide groups is 1. The zero-order chi connectivity index (χ0) is 7.28. The molecule has 0 saturated carbocycles. The molecule has 0 aliphatic heterocycles. The zero-order valence-electron chi connectivity index (χ0n) is 6.19. The van der Waals surface area contributed by atoms with Crippen molar-refractivity contribution in [3.63, 3.8) is 0 Å². The van der Waals surface area contributed by atoms with Crippen LogP contribution in [-0.4, -0.2) is 12.6 Å². The summed E-state index contributed by atoms with van der Waals surface area (Å²) in [5, 5.41) is 3.35. The Morgan fingerprint density at radius 1 is 1.60 bits per heavy atom. The van der Waals surface area contributed by atoms with Crippen molar-refractivity contribution < 1.29 is 0 Å². The third-order valence-corrected chi connectivity index (χ3v) is 1.21. The molecule has 0 aromatic heterocycles. The normalized spacial score (nSPS) is 11.6. The molecule has 2 N–H and O–H groups in total. The summed E-state index contributed by atoms with van der Waals surface area (Å²) in [5.41, 5.74) is 13.4. The average molecular weight is 165 g/mol. The standard InChI is InChI=1S/C5H12N4.ClH/c1-4(2)5(6)3-8-9-7;/h4-5H,3,6H2,1-2H3;1H/t5-;/m1./s1. The number of nitrogens with two attached hydrogens (primary N) is 1. The molecule has 10 heavy (non-hydrogen) atoms. The molecular formula is C5H13ClN4. The molecule has 0 aliphatic carbocycles. The number of hydrogen-bond donors (Lipinski definition) is 1. The van der Waals surface area contributed by atoms with E-state index in [0.29, 0.717) is 12.5 Å². The van der Waals surface area contributed by atoms with E-state index in [1.54, 1.807) is 0 Å². The van der Waals surface area contributed by atoms with Gasteiger partial charge in [0, 0.05) is 17.5 Å². The van der Waals surface area contributed by atoms with Crippen molar-refractivity contribution in [3.05, 3.63) is 10.4 Å². The number of halogens is 1. The second-order valence-corrected chi connectivity index (χ2v) is 2.32. The lowest BCUT2D eigenvalue weighted by atomic mass is 10.1. The Hall–Kier alpha value is -0.440. The number of nitrogens with zero attached hydrogens (tertiary/aromatic N) is 3. The lowest BCUT2D eigenvalue weighted by Gasteiger charge is -2.10. The highest BCUT2D eigenvalue weighted by molar-refractivity contribution is 5.85. The summed E-state index contributed by atoms with van der Waals surface area (Å²) >= 11 is 0. The minimum atomic E-state index is 0. The fourth-order valence-electron chi connectivity index (χ4n) is 0.342. The van der Waals surface area contributed by atoms with Crippen molar-refractivity contribution in [1.29, 1.82) is 0 Å². The van der Waals surface area contributed by atoms with E-state index in [4.69, 9.17) is 11.3 Å². The molecule has 1 atom stereocenters. The van der Waals surface area contributed by atoms with Crippen LogP contribution >= 0.6 is 12.4 Å². The Balaban J connectivity index is 0. The molecule has 0 radical (unpaired) electrons. The van der Waals surface area contributed by atoms with Crippen molar-refractivity contribution in [2.24, 2.45) is 16.8 Å². The van der Waals surface area contributed by atoms with Crippen LogP contribution in [-0.2, 0) is 0 Å². The van der Waals surface area contributed by atoms with Gasteiger partial charge in [-0.3, -0.25) is 0 Å². The monoisotopic (exact) mass is 164 g/mol. The smallest absolute Gasteiger partial charge is 0.0412 e. The molecule has 0 saturated heterocycles. The lowest BCUT2D eigenvalue weighted by Crippen LogP contribution is -2.29. The van der Waals surface area contributed by atoms with E-state index in [1.807, 2.05) is 13.8 Å². The van der Waals surface area contributed by atoms with Crippen LogP contribution in [0.25, 0.3) is 10.4 Å². The zero-order valence-corrected chi connectivity index (χ0v) is 7.01. The first-order valence-electron chi connectivity index (χ1n) is 2.95. The molecule has 5 heteroatoms. The molecule has 0 fully saturated rings. The van der Waals surface area contributed by atoms with Gasteiger partial charge in [-0.25, -0.2) is 0 Å². The Morgan fingerprint density at radius 3 is 2.40 bits per heavy atom. The predicted octanol–water partition coefficient (Wildman–Crippen LogP) is 1.70. The van der Waals surface area contributed by atoms with Crippen LogP contribution in [0, 0.1) is 5.92 Å². The van der Waals surface area contributed by atoms with Gasteiger partial charge in [0.1, 0.15) is 0 Å². The summed E-state index contributed by atoms with van der Waals surface area (Å²) in [6.45, 7) is 4.39. The summed E-state index contributed by atoms with van der Waals surface area (Å²) in [7, 11) is 0.